The third-order valence-corrected chi connectivity index (χ3v) is 1.70. The normalized spacial score (nSPS) is 9.33. The second kappa shape index (κ2) is 4.75. The average molecular weight is 201 g/mol. The van der Waals surface area contributed by atoms with Gasteiger partial charge in [-0.15, -0.1) is 0 Å². The van der Waals surface area contributed by atoms with Crippen molar-refractivity contribution in [2.24, 2.45) is 0 Å². The van der Waals surface area contributed by atoms with Crippen LogP contribution in [0.25, 0.3) is 10.9 Å². The molecular weight excluding hydrogens is 194 g/mol. The van der Waals surface area contributed by atoms with Crippen molar-refractivity contribution in [3.63, 3.8) is 0 Å². The summed E-state index contributed by atoms with van der Waals surface area (Å²) < 4.78 is 3.86. The first kappa shape index (κ1) is 9.20. The Morgan fingerprint density at radius 2 is 1.60 bits per heavy atom. The molecule has 74 valence electrons. The Labute approximate surface area is 84.9 Å². The number of pyridine rings is 1. The van der Waals surface area contributed by atoms with E-state index in [-0.39, 0.29) is 0 Å². The van der Waals surface area contributed by atoms with Gasteiger partial charge in [-0.05, 0) is 12.1 Å². The minimum absolute atomic E-state index is 1.06. The Morgan fingerprint density at radius 3 is 2.27 bits per heavy atom. The standard InChI is InChI=1S/C9H7N.N4O/c1-2-6-9-8(4-1)5-3-7-10-9;1-2-4-5-3-1/h1-7H;. The lowest BCUT2D eigenvalue weighted by molar-refractivity contribution is 0.284. The second-order valence-electron chi connectivity index (χ2n) is 2.62. The fraction of sp³-hybridized carbons (Fsp3) is 0. The van der Waals surface area contributed by atoms with E-state index in [1.54, 1.807) is 0 Å². The lowest BCUT2D eigenvalue weighted by Crippen LogP contribution is -1.73. The Balaban J connectivity index is 0.000000144. The molecule has 0 fully saturated rings. The lowest BCUT2D eigenvalue weighted by atomic mass is 10.2. The molecule has 2 aromatic heterocycles. The van der Waals surface area contributed by atoms with Crippen molar-refractivity contribution in [1.82, 2.24) is 26.0 Å². The van der Waals surface area contributed by atoms with Gasteiger partial charge in [0.15, 0.2) is 0 Å². The Bertz CT molecular complexity index is 428. The summed E-state index contributed by atoms with van der Waals surface area (Å²) in [6.45, 7) is 0. The largest absolute Gasteiger partial charge is 0.256 e. The van der Waals surface area contributed by atoms with Crippen LogP contribution >= 0.6 is 0 Å². The summed E-state index contributed by atoms with van der Waals surface area (Å²) in [5.74, 6) is 0. The highest BCUT2D eigenvalue weighted by molar-refractivity contribution is 5.77. The molecule has 0 N–H and O–H groups in total. The molecule has 6 heteroatoms. The summed E-state index contributed by atoms with van der Waals surface area (Å²) in [5.41, 5.74) is 1.06. The smallest absolute Gasteiger partial charge is 0.0826 e. The number of para-hydroxylation sites is 1. The van der Waals surface area contributed by atoms with E-state index in [1.807, 2.05) is 30.5 Å². The predicted octanol–water partition coefficient (Wildman–Crippen LogP) is 1.09. The van der Waals surface area contributed by atoms with E-state index in [9.17, 15) is 0 Å². The van der Waals surface area contributed by atoms with Gasteiger partial charge in [-0.1, -0.05) is 24.3 Å². The number of benzene rings is 1. The van der Waals surface area contributed by atoms with Crippen molar-refractivity contribution in [3.8, 4) is 0 Å². The molecule has 0 spiro atoms. The zero-order valence-electron chi connectivity index (χ0n) is 7.69. The fourth-order valence-corrected chi connectivity index (χ4v) is 1.10. The van der Waals surface area contributed by atoms with Crippen LogP contribution in [0.15, 0.2) is 47.2 Å². The van der Waals surface area contributed by atoms with E-state index < -0.39 is 0 Å². The summed E-state index contributed by atoms with van der Waals surface area (Å²) in [5, 5.41) is 12.8. The average Bonchev–Trinajstić information content (AvgIpc) is 2.88. The van der Waals surface area contributed by atoms with Crippen molar-refractivity contribution in [1.29, 1.82) is 0 Å². The molecule has 0 unspecified atom stereocenters. The van der Waals surface area contributed by atoms with Crippen LogP contribution in [0.5, 0.6) is 0 Å². The van der Waals surface area contributed by atoms with Crippen LogP contribution < -0.4 is 0 Å². The summed E-state index contributed by atoms with van der Waals surface area (Å²) >= 11 is 0. The highest BCUT2D eigenvalue weighted by Crippen LogP contribution is 2.07. The minimum Gasteiger partial charge on any atom is -0.256 e. The van der Waals surface area contributed by atoms with Gasteiger partial charge in [-0.3, -0.25) is 4.98 Å². The van der Waals surface area contributed by atoms with E-state index in [2.05, 4.69) is 42.7 Å². The molecule has 1 aromatic carbocycles. The van der Waals surface area contributed by atoms with Gasteiger partial charge in [-0.2, -0.15) is 0 Å². The first-order valence-electron chi connectivity index (χ1n) is 4.23. The van der Waals surface area contributed by atoms with Crippen LogP contribution in [-0.2, 0) is 0 Å². The van der Waals surface area contributed by atoms with Crippen LogP contribution in [0, 0.1) is 0 Å². The van der Waals surface area contributed by atoms with Gasteiger partial charge >= 0.3 is 0 Å². The van der Waals surface area contributed by atoms with E-state index in [1.165, 1.54) is 5.39 Å². The molecule has 15 heavy (non-hydrogen) atoms. The highest BCUT2D eigenvalue weighted by Gasteiger charge is 1.86. The first-order chi connectivity index (χ1) is 7.47. The molecule has 3 aromatic rings. The topological polar surface area (TPSA) is 77.6 Å². The number of aromatic nitrogens is 5. The SMILES string of the molecule is c1ccc2ncccc2c1.n1nnon1. The van der Waals surface area contributed by atoms with Gasteiger partial charge in [-0.25, -0.2) is 4.63 Å². The van der Waals surface area contributed by atoms with E-state index in [0.717, 1.165) is 5.52 Å². The molecule has 0 aliphatic carbocycles. The van der Waals surface area contributed by atoms with Gasteiger partial charge in [0, 0.05) is 22.0 Å². The maximum absolute atomic E-state index is 4.18. The zero-order valence-corrected chi connectivity index (χ0v) is 7.69. The maximum atomic E-state index is 4.18. The molecule has 3 rings (SSSR count). The van der Waals surface area contributed by atoms with E-state index >= 15 is 0 Å². The van der Waals surface area contributed by atoms with Gasteiger partial charge in [0.25, 0.3) is 0 Å². The fourth-order valence-electron chi connectivity index (χ4n) is 1.10. The lowest BCUT2D eigenvalue weighted by Gasteiger charge is -1.91. The van der Waals surface area contributed by atoms with Gasteiger partial charge in [0.1, 0.15) is 0 Å². The summed E-state index contributed by atoms with van der Waals surface area (Å²) in [6.07, 6.45) is 1.81. The molecule has 0 saturated carbocycles. The minimum atomic E-state index is 1.06. The summed E-state index contributed by atoms with van der Waals surface area (Å²) in [6, 6.07) is 12.1. The van der Waals surface area contributed by atoms with Gasteiger partial charge in [0.2, 0.25) is 0 Å². The van der Waals surface area contributed by atoms with Gasteiger partial charge in [0.05, 0.1) is 16.1 Å². The number of hydrogen-bond donors (Lipinski definition) is 0. The van der Waals surface area contributed by atoms with Crippen molar-refractivity contribution < 1.29 is 4.63 Å². The number of fused-ring (bicyclic) bond motifs is 1. The third-order valence-electron chi connectivity index (χ3n) is 1.70. The van der Waals surface area contributed by atoms with Crippen LogP contribution in [0.4, 0.5) is 0 Å². The van der Waals surface area contributed by atoms with E-state index in [4.69, 9.17) is 0 Å². The molecular formula is C9H7N5O. The zero-order chi connectivity index (χ0) is 10.3. The second-order valence-corrected chi connectivity index (χ2v) is 2.62. The van der Waals surface area contributed by atoms with Crippen molar-refractivity contribution in [3.05, 3.63) is 42.6 Å². The summed E-state index contributed by atoms with van der Waals surface area (Å²) in [7, 11) is 0. The molecule has 2 heterocycles. The molecule has 0 aliphatic rings. The highest BCUT2D eigenvalue weighted by atomic mass is 16.6. The molecule has 0 bridgehead atoms. The Hall–Kier alpha value is -2.37. The van der Waals surface area contributed by atoms with Crippen molar-refractivity contribution in [2.75, 3.05) is 0 Å². The molecule has 0 aliphatic heterocycles. The van der Waals surface area contributed by atoms with Gasteiger partial charge < -0.3 is 0 Å². The number of hydrogen-bond acceptors (Lipinski definition) is 6. The van der Waals surface area contributed by atoms with Crippen LogP contribution in [0.1, 0.15) is 0 Å². The number of nitrogens with zero attached hydrogens (tertiary/aromatic N) is 5. The van der Waals surface area contributed by atoms with Crippen LogP contribution in [0.3, 0.4) is 0 Å². The van der Waals surface area contributed by atoms with Crippen molar-refractivity contribution >= 4 is 10.9 Å². The van der Waals surface area contributed by atoms with Crippen LogP contribution in [0.2, 0.25) is 0 Å². The molecule has 0 radical (unpaired) electrons. The third kappa shape index (κ3) is 2.53. The quantitative estimate of drug-likeness (QED) is 0.541. The molecule has 0 atom stereocenters. The molecule has 0 amide bonds. The monoisotopic (exact) mass is 201 g/mol. The summed E-state index contributed by atoms with van der Waals surface area (Å²) in [4.78, 5) is 4.18. The molecule has 6 nitrogen and oxygen atoms in total. The Morgan fingerprint density at radius 1 is 0.867 bits per heavy atom. The molecule has 0 saturated heterocycles. The number of rotatable bonds is 0. The first-order valence-corrected chi connectivity index (χ1v) is 4.23. The predicted molar refractivity (Wildman–Crippen MR) is 51.6 cm³/mol. The van der Waals surface area contributed by atoms with Crippen LogP contribution in [-0.4, -0.2) is 26.0 Å². The van der Waals surface area contributed by atoms with Crippen molar-refractivity contribution in [2.45, 2.75) is 0 Å². The van der Waals surface area contributed by atoms with E-state index in [0.29, 0.717) is 0 Å². The Kier molecular flexibility index (Phi) is 2.91. The maximum Gasteiger partial charge on any atom is 0.0826 e.